The van der Waals surface area contributed by atoms with E-state index < -0.39 is 21.0 Å². The number of aromatic nitrogens is 1. The van der Waals surface area contributed by atoms with Gasteiger partial charge < -0.3 is 14.9 Å². The van der Waals surface area contributed by atoms with Gasteiger partial charge in [-0.25, -0.2) is 8.42 Å². The highest BCUT2D eigenvalue weighted by atomic mass is 32.2. The van der Waals surface area contributed by atoms with Gasteiger partial charge in [0.15, 0.2) is 15.7 Å². The van der Waals surface area contributed by atoms with Crippen LogP contribution in [0.2, 0.25) is 0 Å². The molecule has 8 heteroatoms. The summed E-state index contributed by atoms with van der Waals surface area (Å²) in [7, 11) is -3.51. The number of amides is 1. The Bertz CT molecular complexity index is 538. The van der Waals surface area contributed by atoms with Gasteiger partial charge >= 0.3 is 0 Å². The molecule has 7 nitrogen and oxygen atoms in total. The van der Waals surface area contributed by atoms with Crippen LogP contribution in [0.1, 0.15) is 31.9 Å². The summed E-state index contributed by atoms with van der Waals surface area (Å²) in [5.74, 6) is 0.0366. The minimum Gasteiger partial charge on any atom is -0.396 e. The molecular weight excluding hydrogens is 284 g/mol. The second-order valence-electron chi connectivity index (χ2n) is 4.61. The monoisotopic (exact) mass is 304 g/mol. The lowest BCUT2D eigenvalue weighted by Gasteiger charge is -2.11. The molecule has 1 amide bonds. The van der Waals surface area contributed by atoms with Crippen molar-refractivity contribution in [2.45, 2.75) is 38.4 Å². The summed E-state index contributed by atoms with van der Waals surface area (Å²) >= 11 is 0. The van der Waals surface area contributed by atoms with Crippen molar-refractivity contribution in [3.63, 3.8) is 0 Å². The number of carbonyl (C=O) groups is 1. The molecule has 0 radical (unpaired) electrons. The molecule has 0 unspecified atom stereocenters. The highest BCUT2D eigenvalue weighted by molar-refractivity contribution is 7.92. The molecule has 2 N–H and O–H groups in total. The largest absolute Gasteiger partial charge is 0.396 e. The van der Waals surface area contributed by atoms with E-state index in [2.05, 4.69) is 10.5 Å². The van der Waals surface area contributed by atoms with Crippen LogP contribution in [0.3, 0.4) is 0 Å². The fourth-order valence-corrected chi connectivity index (χ4v) is 2.93. The number of hydrogen-bond donors (Lipinski definition) is 2. The van der Waals surface area contributed by atoms with Crippen LogP contribution in [0.15, 0.2) is 10.6 Å². The Kier molecular flexibility index (Phi) is 6.15. The average Bonchev–Trinajstić information content (AvgIpc) is 2.79. The Morgan fingerprint density at radius 2 is 2.15 bits per heavy atom. The third-order valence-corrected chi connectivity index (χ3v) is 5.02. The first-order valence-electron chi connectivity index (χ1n) is 6.43. The lowest BCUT2D eigenvalue weighted by molar-refractivity contribution is -0.115. The molecule has 0 saturated carbocycles. The minimum absolute atomic E-state index is 0.0433. The van der Waals surface area contributed by atoms with E-state index in [0.717, 1.165) is 0 Å². The van der Waals surface area contributed by atoms with Gasteiger partial charge in [-0.15, -0.1) is 0 Å². The molecule has 0 aliphatic carbocycles. The molecule has 114 valence electrons. The first-order chi connectivity index (χ1) is 9.36. The summed E-state index contributed by atoms with van der Waals surface area (Å²) in [5, 5.41) is 13.5. The maximum atomic E-state index is 12.0. The number of rotatable bonds is 8. The van der Waals surface area contributed by atoms with Gasteiger partial charge in [0.05, 0.1) is 5.75 Å². The van der Waals surface area contributed by atoms with E-state index in [1.165, 1.54) is 13.0 Å². The zero-order valence-corrected chi connectivity index (χ0v) is 12.4. The van der Waals surface area contributed by atoms with Crippen LogP contribution in [-0.2, 0) is 14.6 Å². The van der Waals surface area contributed by atoms with Crippen LogP contribution in [-0.4, -0.2) is 42.2 Å². The van der Waals surface area contributed by atoms with Crippen molar-refractivity contribution >= 4 is 21.6 Å². The molecule has 0 aliphatic rings. The highest BCUT2D eigenvalue weighted by Crippen LogP contribution is 2.11. The number of nitrogens with one attached hydrogen (secondary N) is 1. The number of hydrogen-bond acceptors (Lipinski definition) is 6. The Morgan fingerprint density at radius 1 is 1.45 bits per heavy atom. The van der Waals surface area contributed by atoms with E-state index in [-0.39, 0.29) is 18.2 Å². The number of anilines is 1. The number of unbranched alkanes of at least 4 members (excludes halogenated alkanes) is 2. The predicted molar refractivity (Wildman–Crippen MR) is 74.1 cm³/mol. The number of aliphatic hydroxyl groups excluding tert-OH is 1. The second-order valence-corrected chi connectivity index (χ2v) is 7.05. The third-order valence-electron chi connectivity index (χ3n) is 2.87. The highest BCUT2D eigenvalue weighted by Gasteiger charge is 2.28. The number of aryl methyl sites for hydroxylation is 1. The smallest absolute Gasteiger partial charge is 0.243 e. The molecule has 0 aromatic carbocycles. The summed E-state index contributed by atoms with van der Waals surface area (Å²) in [6.45, 7) is 3.06. The van der Waals surface area contributed by atoms with Gasteiger partial charge in [0.2, 0.25) is 5.91 Å². The van der Waals surface area contributed by atoms with Crippen LogP contribution in [0.25, 0.3) is 0 Å². The van der Waals surface area contributed by atoms with E-state index in [9.17, 15) is 13.2 Å². The van der Waals surface area contributed by atoms with Crippen molar-refractivity contribution in [1.29, 1.82) is 0 Å². The van der Waals surface area contributed by atoms with Crippen molar-refractivity contribution in [2.24, 2.45) is 0 Å². The van der Waals surface area contributed by atoms with Crippen LogP contribution in [0.5, 0.6) is 0 Å². The van der Waals surface area contributed by atoms with E-state index in [1.807, 2.05) is 0 Å². The first-order valence-corrected chi connectivity index (χ1v) is 8.15. The Hall–Kier alpha value is -1.41. The third kappa shape index (κ3) is 4.93. The summed E-state index contributed by atoms with van der Waals surface area (Å²) in [4.78, 5) is 11.8. The molecule has 1 heterocycles. The van der Waals surface area contributed by atoms with Gasteiger partial charge in [-0.1, -0.05) is 11.6 Å². The molecule has 1 rings (SSSR count). The van der Waals surface area contributed by atoms with Crippen molar-refractivity contribution in [3.8, 4) is 0 Å². The van der Waals surface area contributed by atoms with Crippen molar-refractivity contribution < 1.29 is 22.8 Å². The molecular formula is C12H20N2O5S. The van der Waals surface area contributed by atoms with Crippen molar-refractivity contribution in [2.75, 3.05) is 17.7 Å². The average molecular weight is 304 g/mol. The van der Waals surface area contributed by atoms with Crippen LogP contribution >= 0.6 is 0 Å². The predicted octanol–water partition coefficient (Wildman–Crippen LogP) is 0.887. The van der Waals surface area contributed by atoms with Gasteiger partial charge in [0.25, 0.3) is 0 Å². The molecule has 1 aromatic heterocycles. The fourth-order valence-electron chi connectivity index (χ4n) is 1.58. The van der Waals surface area contributed by atoms with Crippen LogP contribution < -0.4 is 5.32 Å². The van der Waals surface area contributed by atoms with E-state index >= 15 is 0 Å². The summed E-state index contributed by atoms with van der Waals surface area (Å²) in [6, 6.07) is 1.51. The summed E-state index contributed by atoms with van der Waals surface area (Å²) in [6.07, 6.45) is 1.62. The van der Waals surface area contributed by atoms with Gasteiger partial charge in [-0.3, -0.25) is 4.79 Å². The normalized spacial score (nSPS) is 13.2. The first kappa shape index (κ1) is 16.6. The molecule has 0 aliphatic heterocycles. The molecule has 0 bridgehead atoms. The number of carbonyl (C=O) groups excluding carboxylic acids is 1. The van der Waals surface area contributed by atoms with Gasteiger partial charge in [0, 0.05) is 12.7 Å². The molecule has 0 spiro atoms. The Balaban J connectivity index is 2.54. The summed E-state index contributed by atoms with van der Waals surface area (Å²) in [5.41, 5.74) is 0. The fraction of sp³-hybridized carbons (Fsp3) is 0.667. The maximum absolute atomic E-state index is 12.0. The molecule has 20 heavy (non-hydrogen) atoms. The Morgan fingerprint density at radius 3 is 2.70 bits per heavy atom. The SMILES string of the molecule is Cc1cc(NC(=O)[C@@H](C)S(=O)(=O)CCCCCO)no1. The standard InChI is InChI=1S/C12H20N2O5S/c1-9-8-11(14-19-9)13-12(16)10(2)20(17,18)7-5-3-4-6-15/h8,10,15H,3-7H2,1-2H3,(H,13,14,16)/t10-/m1/s1. The zero-order chi connectivity index (χ0) is 15.2. The van der Waals surface area contributed by atoms with Crippen LogP contribution in [0, 0.1) is 6.92 Å². The van der Waals surface area contributed by atoms with E-state index in [0.29, 0.717) is 25.0 Å². The van der Waals surface area contributed by atoms with Gasteiger partial charge in [-0.2, -0.15) is 0 Å². The maximum Gasteiger partial charge on any atom is 0.243 e. The molecule has 0 fully saturated rings. The number of nitrogens with zero attached hydrogens (tertiary/aromatic N) is 1. The quantitative estimate of drug-likeness (QED) is 0.690. The van der Waals surface area contributed by atoms with Crippen molar-refractivity contribution in [3.05, 3.63) is 11.8 Å². The summed E-state index contributed by atoms with van der Waals surface area (Å²) < 4.78 is 28.7. The van der Waals surface area contributed by atoms with Crippen molar-refractivity contribution in [1.82, 2.24) is 5.16 Å². The van der Waals surface area contributed by atoms with E-state index in [1.54, 1.807) is 6.92 Å². The van der Waals surface area contributed by atoms with Gasteiger partial charge in [0.1, 0.15) is 11.0 Å². The molecule has 1 aromatic rings. The van der Waals surface area contributed by atoms with Crippen LogP contribution in [0.4, 0.5) is 5.82 Å². The molecule has 0 saturated heterocycles. The number of aliphatic hydroxyl groups is 1. The van der Waals surface area contributed by atoms with E-state index in [4.69, 9.17) is 9.63 Å². The zero-order valence-electron chi connectivity index (χ0n) is 11.6. The Labute approximate surface area is 118 Å². The lowest BCUT2D eigenvalue weighted by atomic mass is 10.3. The minimum atomic E-state index is -3.51. The second kappa shape index (κ2) is 7.39. The van der Waals surface area contributed by atoms with Gasteiger partial charge in [-0.05, 0) is 26.7 Å². The number of sulfone groups is 1. The lowest BCUT2D eigenvalue weighted by Crippen LogP contribution is -2.34. The topological polar surface area (TPSA) is 110 Å². The molecule has 1 atom stereocenters.